The van der Waals surface area contributed by atoms with Crippen molar-refractivity contribution >= 4 is 23.8 Å². The van der Waals surface area contributed by atoms with Gasteiger partial charge < -0.3 is 25.6 Å². The number of halogens is 6. The molecule has 1 aliphatic heterocycles. The Hall–Kier alpha value is -2.58. The highest BCUT2D eigenvalue weighted by molar-refractivity contribution is 5.85. The molecule has 1 heterocycles. The monoisotopic (exact) mass is 414 g/mol. The summed E-state index contributed by atoms with van der Waals surface area (Å²) in [6.45, 7) is 0.823. The summed E-state index contributed by atoms with van der Waals surface area (Å²) in [6.07, 6.45) is -8.32. The zero-order chi connectivity index (χ0) is 21.8. The SMILES string of the molecule is COC(=O)CNC(=O)[C@@H]1CCCN1.O=C(O)C(F)(F)F.O=C(O)C(F)(F)F. The number of amides is 1. The number of hydrogen-bond donors (Lipinski definition) is 4. The summed E-state index contributed by atoms with van der Waals surface area (Å²) in [6, 6.07) is -0.135. The number of alkyl halides is 6. The first-order valence-corrected chi connectivity index (χ1v) is 6.81. The third-order valence-electron chi connectivity index (χ3n) is 2.50. The van der Waals surface area contributed by atoms with Crippen molar-refractivity contribution in [1.29, 1.82) is 0 Å². The van der Waals surface area contributed by atoms with E-state index in [4.69, 9.17) is 19.8 Å². The van der Waals surface area contributed by atoms with Crippen LogP contribution in [0.4, 0.5) is 26.3 Å². The first-order chi connectivity index (χ1) is 12.1. The van der Waals surface area contributed by atoms with Gasteiger partial charge in [0, 0.05) is 0 Å². The molecule has 1 atom stereocenters. The summed E-state index contributed by atoms with van der Waals surface area (Å²) in [5.74, 6) is -6.06. The summed E-state index contributed by atoms with van der Waals surface area (Å²) < 4.78 is 67.9. The number of ether oxygens (including phenoxy) is 1. The van der Waals surface area contributed by atoms with E-state index in [0.29, 0.717) is 0 Å². The molecule has 1 amide bonds. The molecule has 0 aromatic rings. The highest BCUT2D eigenvalue weighted by Gasteiger charge is 2.38. The van der Waals surface area contributed by atoms with E-state index in [9.17, 15) is 35.9 Å². The van der Waals surface area contributed by atoms with Crippen molar-refractivity contribution in [3.8, 4) is 0 Å². The van der Waals surface area contributed by atoms with Crippen molar-refractivity contribution in [1.82, 2.24) is 10.6 Å². The van der Waals surface area contributed by atoms with E-state index in [1.807, 2.05) is 0 Å². The third kappa shape index (κ3) is 14.3. The Morgan fingerprint density at radius 2 is 1.44 bits per heavy atom. The highest BCUT2D eigenvalue weighted by atomic mass is 19.4. The van der Waals surface area contributed by atoms with Gasteiger partial charge in [0.1, 0.15) is 6.54 Å². The van der Waals surface area contributed by atoms with Gasteiger partial charge in [0.2, 0.25) is 5.91 Å². The molecule has 1 rings (SSSR count). The maximum atomic E-state index is 11.3. The molecular weight excluding hydrogens is 398 g/mol. The second-order valence-electron chi connectivity index (χ2n) is 4.55. The van der Waals surface area contributed by atoms with Crippen molar-refractivity contribution in [2.45, 2.75) is 31.2 Å². The zero-order valence-corrected chi connectivity index (χ0v) is 13.6. The summed E-state index contributed by atoms with van der Waals surface area (Å²) in [7, 11) is 1.29. The minimum atomic E-state index is -5.08. The number of esters is 1. The Kier molecular flexibility index (Phi) is 11.8. The number of nitrogens with one attached hydrogen (secondary N) is 2. The van der Waals surface area contributed by atoms with Crippen LogP contribution < -0.4 is 10.6 Å². The van der Waals surface area contributed by atoms with Crippen LogP contribution >= 0.6 is 0 Å². The van der Waals surface area contributed by atoms with Gasteiger partial charge in [-0.3, -0.25) is 9.59 Å². The Bertz CT molecular complexity index is 491. The Balaban J connectivity index is 0. The van der Waals surface area contributed by atoms with Gasteiger partial charge in [0.15, 0.2) is 0 Å². The first kappa shape index (κ1) is 26.6. The van der Waals surface area contributed by atoms with Crippen molar-refractivity contribution in [2.24, 2.45) is 0 Å². The van der Waals surface area contributed by atoms with E-state index < -0.39 is 30.3 Å². The third-order valence-corrected chi connectivity index (χ3v) is 2.50. The molecular formula is C12H16F6N2O7. The summed E-state index contributed by atoms with van der Waals surface area (Å²) in [5, 5.41) is 19.8. The maximum absolute atomic E-state index is 11.3. The molecule has 9 nitrogen and oxygen atoms in total. The van der Waals surface area contributed by atoms with Gasteiger partial charge >= 0.3 is 30.3 Å². The van der Waals surface area contributed by atoms with E-state index in [2.05, 4.69) is 15.4 Å². The second-order valence-corrected chi connectivity index (χ2v) is 4.55. The van der Waals surface area contributed by atoms with Crippen molar-refractivity contribution < 1.29 is 60.5 Å². The predicted molar refractivity (Wildman–Crippen MR) is 73.4 cm³/mol. The van der Waals surface area contributed by atoms with Crippen molar-refractivity contribution in [3.05, 3.63) is 0 Å². The normalized spacial score (nSPS) is 16.0. The molecule has 27 heavy (non-hydrogen) atoms. The van der Waals surface area contributed by atoms with Gasteiger partial charge in [-0.15, -0.1) is 0 Å². The molecule has 1 fully saturated rings. The zero-order valence-electron chi connectivity index (χ0n) is 13.6. The molecule has 0 aromatic carbocycles. The average molecular weight is 414 g/mol. The molecule has 4 N–H and O–H groups in total. The van der Waals surface area contributed by atoms with Crippen LogP contribution in [0.5, 0.6) is 0 Å². The number of aliphatic carboxylic acids is 2. The Morgan fingerprint density at radius 1 is 1.04 bits per heavy atom. The summed E-state index contributed by atoms with van der Waals surface area (Å²) in [5.41, 5.74) is 0. The number of rotatable bonds is 3. The van der Waals surface area contributed by atoms with Gasteiger partial charge in [-0.1, -0.05) is 0 Å². The molecule has 0 aliphatic carbocycles. The molecule has 0 aromatic heterocycles. The second kappa shape index (κ2) is 11.9. The van der Waals surface area contributed by atoms with Crippen LogP contribution in [-0.4, -0.2) is 72.6 Å². The Labute approximate surface area is 147 Å². The van der Waals surface area contributed by atoms with Crippen LogP contribution in [-0.2, 0) is 23.9 Å². The lowest BCUT2D eigenvalue weighted by Gasteiger charge is -2.09. The average Bonchev–Trinajstić information content (AvgIpc) is 3.06. The fraction of sp³-hybridized carbons (Fsp3) is 0.667. The van der Waals surface area contributed by atoms with E-state index in [1.165, 1.54) is 7.11 Å². The van der Waals surface area contributed by atoms with Crippen molar-refractivity contribution in [3.63, 3.8) is 0 Å². The number of carbonyl (C=O) groups excluding carboxylic acids is 2. The van der Waals surface area contributed by atoms with Gasteiger partial charge in [-0.2, -0.15) is 26.3 Å². The molecule has 1 saturated heterocycles. The fourth-order valence-corrected chi connectivity index (χ4v) is 1.26. The molecule has 0 bridgehead atoms. The van der Waals surface area contributed by atoms with Crippen LogP contribution in [0.3, 0.4) is 0 Å². The highest BCUT2D eigenvalue weighted by Crippen LogP contribution is 2.13. The number of carboxylic acid groups (broad SMARTS) is 2. The van der Waals surface area contributed by atoms with Gasteiger partial charge in [0.05, 0.1) is 13.2 Å². The predicted octanol–water partition coefficient (Wildman–Crippen LogP) is 0.294. The smallest absolute Gasteiger partial charge is 0.475 e. The molecule has 1 aliphatic rings. The van der Waals surface area contributed by atoms with Gasteiger partial charge in [-0.25, -0.2) is 9.59 Å². The lowest BCUT2D eigenvalue weighted by molar-refractivity contribution is -0.193. The molecule has 15 heteroatoms. The van der Waals surface area contributed by atoms with Crippen molar-refractivity contribution in [2.75, 3.05) is 20.2 Å². The number of carbonyl (C=O) groups is 4. The topological polar surface area (TPSA) is 142 Å². The van der Waals surface area contributed by atoms with Crippen LogP contribution in [0, 0.1) is 0 Å². The molecule has 0 unspecified atom stereocenters. The van der Waals surface area contributed by atoms with Gasteiger partial charge in [-0.05, 0) is 19.4 Å². The molecule has 0 spiro atoms. The first-order valence-electron chi connectivity index (χ1n) is 6.81. The number of methoxy groups -OCH3 is 1. The van der Waals surface area contributed by atoms with E-state index in [-0.39, 0.29) is 18.5 Å². The maximum Gasteiger partial charge on any atom is 0.490 e. The number of carboxylic acids is 2. The fourth-order valence-electron chi connectivity index (χ4n) is 1.26. The number of hydrogen-bond acceptors (Lipinski definition) is 6. The van der Waals surface area contributed by atoms with Crippen LogP contribution in [0.15, 0.2) is 0 Å². The summed E-state index contributed by atoms with van der Waals surface area (Å²) in [4.78, 5) is 39.7. The van der Waals surface area contributed by atoms with Gasteiger partial charge in [0.25, 0.3) is 0 Å². The molecule has 0 saturated carbocycles. The van der Waals surface area contributed by atoms with Crippen LogP contribution in [0.2, 0.25) is 0 Å². The standard InChI is InChI=1S/C8H14N2O3.2C2HF3O2/c1-13-7(11)5-10-8(12)6-3-2-4-9-6;2*3-2(4,5)1(6)7/h6,9H,2-5H2,1H3,(H,10,12);2*(H,6,7)/t6-;;/m0../s1. The largest absolute Gasteiger partial charge is 0.490 e. The quantitative estimate of drug-likeness (QED) is 0.382. The minimum absolute atomic E-state index is 0.0481. The lowest BCUT2D eigenvalue weighted by Crippen LogP contribution is -2.42. The van der Waals surface area contributed by atoms with E-state index >= 15 is 0 Å². The minimum Gasteiger partial charge on any atom is -0.475 e. The van der Waals surface area contributed by atoms with E-state index in [0.717, 1.165) is 19.4 Å². The van der Waals surface area contributed by atoms with Crippen LogP contribution in [0.25, 0.3) is 0 Å². The lowest BCUT2D eigenvalue weighted by atomic mass is 10.2. The van der Waals surface area contributed by atoms with E-state index in [1.54, 1.807) is 0 Å². The molecule has 158 valence electrons. The summed E-state index contributed by atoms with van der Waals surface area (Å²) >= 11 is 0. The van der Waals surface area contributed by atoms with Crippen LogP contribution in [0.1, 0.15) is 12.8 Å². The Morgan fingerprint density at radius 3 is 1.70 bits per heavy atom. The molecule has 0 radical (unpaired) electrons.